The van der Waals surface area contributed by atoms with Crippen LogP contribution in [-0.2, 0) is 5.60 Å². The highest BCUT2D eigenvalue weighted by Gasteiger charge is 2.44. The fourth-order valence-electron chi connectivity index (χ4n) is 4.48. The summed E-state index contributed by atoms with van der Waals surface area (Å²) in [6.07, 6.45) is 3.57. The molecule has 3 heterocycles. The largest absolute Gasteiger partial charge is 0.479 e. The summed E-state index contributed by atoms with van der Waals surface area (Å²) in [4.78, 5) is 15.0. The lowest BCUT2D eigenvalue weighted by Crippen LogP contribution is -2.50. The average Bonchev–Trinajstić information content (AvgIpc) is 3.21. The van der Waals surface area contributed by atoms with Crippen molar-refractivity contribution in [2.24, 2.45) is 0 Å². The standard InChI is InChI=1S/C24H23ClN2O2/c1-16-5-6-18(14-17(16)2)23(28)26-12-9-24(10-13-26)22-4-3-11-27(22)20-8-7-19(25)15-21(20)29-24/h3-8,11,14-15H,9-10,12-13H2,1-2H3. The molecule has 2 aliphatic rings. The van der Waals surface area contributed by atoms with Gasteiger partial charge in [-0.1, -0.05) is 17.7 Å². The van der Waals surface area contributed by atoms with Crippen LogP contribution in [0.4, 0.5) is 0 Å². The van der Waals surface area contributed by atoms with Crippen molar-refractivity contribution in [1.29, 1.82) is 0 Å². The number of aryl methyl sites for hydroxylation is 2. The van der Waals surface area contributed by atoms with Gasteiger partial charge in [-0.3, -0.25) is 4.79 Å². The minimum absolute atomic E-state index is 0.0950. The molecule has 0 aliphatic carbocycles. The van der Waals surface area contributed by atoms with Gasteiger partial charge in [0.15, 0.2) is 5.60 Å². The van der Waals surface area contributed by atoms with Crippen molar-refractivity contribution in [3.05, 3.63) is 82.1 Å². The van der Waals surface area contributed by atoms with Crippen LogP contribution < -0.4 is 4.74 Å². The maximum Gasteiger partial charge on any atom is 0.253 e. The molecule has 4 nitrogen and oxygen atoms in total. The Balaban J connectivity index is 1.41. The van der Waals surface area contributed by atoms with Gasteiger partial charge in [-0.2, -0.15) is 0 Å². The molecule has 2 aliphatic heterocycles. The van der Waals surface area contributed by atoms with E-state index in [0.717, 1.165) is 41.1 Å². The summed E-state index contributed by atoms with van der Waals surface area (Å²) in [6, 6.07) is 15.9. The van der Waals surface area contributed by atoms with Crippen LogP contribution in [-0.4, -0.2) is 28.5 Å². The lowest BCUT2D eigenvalue weighted by Gasteiger charge is -2.45. The molecule has 1 spiro atoms. The molecule has 1 amide bonds. The monoisotopic (exact) mass is 406 g/mol. The van der Waals surface area contributed by atoms with Crippen molar-refractivity contribution in [2.45, 2.75) is 32.3 Å². The lowest BCUT2D eigenvalue weighted by atomic mass is 9.86. The number of rotatable bonds is 1. The molecule has 0 unspecified atom stereocenters. The number of fused-ring (bicyclic) bond motifs is 4. The third-order valence-electron chi connectivity index (χ3n) is 6.31. The fourth-order valence-corrected chi connectivity index (χ4v) is 4.64. The van der Waals surface area contributed by atoms with Crippen LogP contribution >= 0.6 is 11.6 Å². The zero-order valence-corrected chi connectivity index (χ0v) is 17.4. The van der Waals surface area contributed by atoms with Gasteiger partial charge < -0.3 is 14.2 Å². The Morgan fingerprint density at radius 3 is 2.59 bits per heavy atom. The summed E-state index contributed by atoms with van der Waals surface area (Å²) in [6.45, 7) is 5.43. The molecule has 1 aromatic heterocycles. The van der Waals surface area contributed by atoms with Crippen molar-refractivity contribution in [2.75, 3.05) is 13.1 Å². The molecule has 0 radical (unpaired) electrons. The van der Waals surface area contributed by atoms with E-state index in [1.807, 2.05) is 48.2 Å². The highest BCUT2D eigenvalue weighted by atomic mass is 35.5. The first-order chi connectivity index (χ1) is 14.0. The maximum absolute atomic E-state index is 13.0. The number of aromatic nitrogens is 1. The molecule has 2 aromatic carbocycles. The predicted octanol–water partition coefficient (Wildman–Crippen LogP) is 5.27. The van der Waals surface area contributed by atoms with Crippen LogP contribution in [0.1, 0.15) is 40.0 Å². The Morgan fingerprint density at radius 1 is 1.03 bits per heavy atom. The van der Waals surface area contributed by atoms with E-state index in [2.05, 4.69) is 29.8 Å². The average molecular weight is 407 g/mol. The Labute approximate surface area is 175 Å². The molecule has 148 valence electrons. The van der Waals surface area contributed by atoms with Crippen LogP contribution in [0.15, 0.2) is 54.7 Å². The SMILES string of the molecule is Cc1ccc(C(=O)N2CCC3(CC2)Oc2cc(Cl)ccc2-n2cccc23)cc1C. The first-order valence-electron chi connectivity index (χ1n) is 10.0. The van der Waals surface area contributed by atoms with Gasteiger partial charge in [0.05, 0.1) is 11.4 Å². The highest BCUT2D eigenvalue weighted by Crippen LogP contribution is 2.45. The Morgan fingerprint density at radius 2 is 1.83 bits per heavy atom. The summed E-state index contributed by atoms with van der Waals surface area (Å²) in [5.74, 6) is 0.896. The molecule has 3 aromatic rings. The van der Waals surface area contributed by atoms with Gasteiger partial charge in [-0.25, -0.2) is 0 Å². The molecular formula is C24H23ClN2O2. The maximum atomic E-state index is 13.0. The smallest absolute Gasteiger partial charge is 0.253 e. The molecule has 0 N–H and O–H groups in total. The quantitative estimate of drug-likeness (QED) is 0.551. The molecule has 0 saturated carbocycles. The number of ether oxygens (including phenoxy) is 1. The van der Waals surface area contributed by atoms with Crippen molar-refractivity contribution in [1.82, 2.24) is 9.47 Å². The first-order valence-corrected chi connectivity index (χ1v) is 10.4. The summed E-state index contributed by atoms with van der Waals surface area (Å²) in [5.41, 5.74) is 4.83. The number of nitrogens with zero attached hydrogens (tertiary/aromatic N) is 2. The van der Waals surface area contributed by atoms with Crippen LogP contribution in [0.3, 0.4) is 0 Å². The van der Waals surface area contributed by atoms with E-state index in [4.69, 9.17) is 16.3 Å². The van der Waals surface area contributed by atoms with E-state index in [1.54, 1.807) is 0 Å². The van der Waals surface area contributed by atoms with Crippen molar-refractivity contribution < 1.29 is 9.53 Å². The van der Waals surface area contributed by atoms with E-state index in [1.165, 1.54) is 5.56 Å². The number of likely N-dealkylation sites (tertiary alicyclic amines) is 1. The summed E-state index contributed by atoms with van der Waals surface area (Å²) in [7, 11) is 0. The summed E-state index contributed by atoms with van der Waals surface area (Å²) in [5, 5.41) is 0.664. The van der Waals surface area contributed by atoms with Crippen molar-refractivity contribution >= 4 is 17.5 Å². The Kier molecular flexibility index (Phi) is 4.21. The van der Waals surface area contributed by atoms with Crippen molar-refractivity contribution in [3.63, 3.8) is 0 Å². The Hall–Kier alpha value is -2.72. The summed E-state index contributed by atoms with van der Waals surface area (Å²) >= 11 is 6.22. The third kappa shape index (κ3) is 2.94. The topological polar surface area (TPSA) is 34.5 Å². The second-order valence-electron chi connectivity index (χ2n) is 8.06. The zero-order valence-electron chi connectivity index (χ0n) is 16.6. The molecule has 1 fully saturated rings. The number of piperidine rings is 1. The molecule has 0 atom stereocenters. The van der Waals surface area contributed by atoms with Crippen LogP contribution in [0.2, 0.25) is 5.02 Å². The highest BCUT2D eigenvalue weighted by molar-refractivity contribution is 6.30. The van der Waals surface area contributed by atoms with Crippen molar-refractivity contribution in [3.8, 4) is 11.4 Å². The fraction of sp³-hybridized carbons (Fsp3) is 0.292. The third-order valence-corrected chi connectivity index (χ3v) is 6.55. The molecule has 0 bridgehead atoms. The van der Waals surface area contributed by atoms with E-state index < -0.39 is 5.60 Å². The van der Waals surface area contributed by atoms with Gasteiger partial charge in [0.2, 0.25) is 0 Å². The van der Waals surface area contributed by atoms with Gasteiger partial charge in [0.1, 0.15) is 5.75 Å². The van der Waals surface area contributed by atoms with Gasteiger partial charge in [0, 0.05) is 48.8 Å². The predicted molar refractivity (Wildman–Crippen MR) is 114 cm³/mol. The van der Waals surface area contributed by atoms with Gasteiger partial charge in [-0.15, -0.1) is 0 Å². The Bertz CT molecular complexity index is 1110. The van der Waals surface area contributed by atoms with Crippen LogP contribution in [0.25, 0.3) is 5.69 Å². The first kappa shape index (κ1) is 18.3. The molecule has 5 rings (SSSR count). The van der Waals surface area contributed by atoms with Gasteiger partial charge in [-0.05, 0) is 61.4 Å². The number of halogens is 1. The van der Waals surface area contributed by atoms with E-state index in [-0.39, 0.29) is 5.91 Å². The number of hydrogen-bond donors (Lipinski definition) is 0. The van der Waals surface area contributed by atoms with Gasteiger partial charge in [0.25, 0.3) is 5.91 Å². The number of carbonyl (C=O) groups excluding carboxylic acids is 1. The minimum atomic E-state index is -0.429. The summed E-state index contributed by atoms with van der Waals surface area (Å²) < 4.78 is 8.74. The van der Waals surface area contributed by atoms with E-state index in [0.29, 0.717) is 18.1 Å². The second kappa shape index (κ2) is 6.67. The molecule has 1 saturated heterocycles. The van der Waals surface area contributed by atoms with E-state index >= 15 is 0 Å². The number of carbonyl (C=O) groups is 1. The van der Waals surface area contributed by atoms with Gasteiger partial charge >= 0.3 is 0 Å². The normalized spacial score (nSPS) is 16.9. The number of hydrogen-bond acceptors (Lipinski definition) is 2. The second-order valence-corrected chi connectivity index (χ2v) is 8.50. The van der Waals surface area contributed by atoms with E-state index in [9.17, 15) is 4.79 Å². The lowest BCUT2D eigenvalue weighted by molar-refractivity contribution is -0.00930. The van der Waals surface area contributed by atoms with Crippen LogP contribution in [0.5, 0.6) is 5.75 Å². The molecule has 29 heavy (non-hydrogen) atoms. The van der Waals surface area contributed by atoms with Crippen LogP contribution in [0, 0.1) is 13.8 Å². The number of amides is 1. The minimum Gasteiger partial charge on any atom is -0.479 e. The number of benzene rings is 2. The molecular weight excluding hydrogens is 384 g/mol. The molecule has 5 heteroatoms. The zero-order chi connectivity index (χ0) is 20.2.